The highest BCUT2D eigenvalue weighted by molar-refractivity contribution is 6.30. The van der Waals surface area contributed by atoms with Crippen molar-refractivity contribution in [1.82, 2.24) is 0 Å². The van der Waals surface area contributed by atoms with Crippen LogP contribution in [0.2, 0.25) is 10.0 Å². The van der Waals surface area contributed by atoms with Crippen LogP contribution < -0.4 is 0 Å². The van der Waals surface area contributed by atoms with Crippen LogP contribution in [-0.2, 0) is 4.79 Å². The predicted molar refractivity (Wildman–Crippen MR) is 133 cm³/mol. The Morgan fingerprint density at radius 1 is 0.606 bits per heavy atom. The molecule has 0 spiro atoms. The zero-order valence-electron chi connectivity index (χ0n) is 17.7. The third-order valence-electron chi connectivity index (χ3n) is 5.62. The third kappa shape index (κ3) is 4.90. The molecule has 33 heavy (non-hydrogen) atoms. The standard InChI is InChI=1S/C28H20Cl2O3/c29-22-8-4-18(5-9-22)26-14-12-24(32-26)16-20-2-1-3-21(28(20)31)17-25-13-15-27(33-25)19-6-10-23(30)11-7-19/h4-17H,1-3H2/b20-16-,21-17+. The lowest BCUT2D eigenvalue weighted by Gasteiger charge is -2.15. The summed E-state index contributed by atoms with van der Waals surface area (Å²) in [6.07, 6.45) is 6.04. The molecular weight excluding hydrogens is 455 g/mol. The maximum Gasteiger partial charge on any atom is 0.185 e. The lowest BCUT2D eigenvalue weighted by atomic mass is 9.88. The number of hydrogen-bond acceptors (Lipinski definition) is 3. The summed E-state index contributed by atoms with van der Waals surface area (Å²) >= 11 is 11.9. The maximum atomic E-state index is 13.1. The molecule has 0 amide bonds. The fourth-order valence-corrected chi connectivity index (χ4v) is 4.17. The minimum absolute atomic E-state index is 0.0372. The Morgan fingerprint density at radius 3 is 1.45 bits per heavy atom. The summed E-state index contributed by atoms with van der Waals surface area (Å²) in [6, 6.07) is 22.5. The minimum atomic E-state index is 0.0372. The number of allylic oxidation sites excluding steroid dienone is 2. The van der Waals surface area contributed by atoms with E-state index in [4.69, 9.17) is 32.0 Å². The Labute approximate surface area is 201 Å². The van der Waals surface area contributed by atoms with Crippen molar-refractivity contribution in [2.75, 3.05) is 0 Å². The third-order valence-corrected chi connectivity index (χ3v) is 6.12. The van der Waals surface area contributed by atoms with E-state index in [0.717, 1.165) is 53.1 Å². The molecule has 0 atom stereocenters. The molecule has 0 radical (unpaired) electrons. The van der Waals surface area contributed by atoms with Crippen LogP contribution in [0.15, 0.2) is 92.8 Å². The van der Waals surface area contributed by atoms with E-state index in [-0.39, 0.29) is 5.78 Å². The van der Waals surface area contributed by atoms with E-state index >= 15 is 0 Å². The molecule has 0 N–H and O–H groups in total. The molecule has 1 aliphatic carbocycles. The summed E-state index contributed by atoms with van der Waals surface area (Å²) in [5.74, 6) is 2.83. The average molecular weight is 475 g/mol. The van der Waals surface area contributed by atoms with Crippen LogP contribution >= 0.6 is 23.2 Å². The second kappa shape index (κ2) is 9.30. The first-order chi connectivity index (χ1) is 16.0. The largest absolute Gasteiger partial charge is 0.457 e. The van der Waals surface area contributed by atoms with Gasteiger partial charge in [-0.25, -0.2) is 0 Å². The summed E-state index contributed by atoms with van der Waals surface area (Å²) in [4.78, 5) is 13.1. The van der Waals surface area contributed by atoms with E-state index in [1.165, 1.54) is 0 Å². The summed E-state index contributed by atoms with van der Waals surface area (Å²) in [5, 5.41) is 1.35. The minimum Gasteiger partial charge on any atom is -0.457 e. The van der Waals surface area contributed by atoms with E-state index in [1.54, 1.807) is 0 Å². The molecule has 0 bridgehead atoms. The molecule has 0 unspecified atom stereocenters. The van der Waals surface area contributed by atoms with Crippen molar-refractivity contribution < 1.29 is 13.6 Å². The zero-order valence-corrected chi connectivity index (χ0v) is 19.2. The van der Waals surface area contributed by atoms with E-state index in [2.05, 4.69) is 0 Å². The molecular formula is C28H20Cl2O3. The first-order valence-corrected chi connectivity index (χ1v) is 11.5. The number of hydrogen-bond donors (Lipinski definition) is 0. The molecule has 164 valence electrons. The second-order valence-corrected chi connectivity index (χ2v) is 8.81. The quantitative estimate of drug-likeness (QED) is 0.277. The van der Waals surface area contributed by atoms with Gasteiger partial charge in [-0.1, -0.05) is 23.2 Å². The fraction of sp³-hybridized carbons (Fsp3) is 0.107. The molecule has 2 heterocycles. The molecule has 1 fully saturated rings. The maximum absolute atomic E-state index is 13.1. The number of halogens is 2. The van der Waals surface area contributed by atoms with Gasteiger partial charge in [-0.05, 0) is 104 Å². The van der Waals surface area contributed by atoms with Gasteiger partial charge in [-0.2, -0.15) is 0 Å². The van der Waals surface area contributed by atoms with Gasteiger partial charge in [0.15, 0.2) is 5.78 Å². The van der Waals surface area contributed by atoms with Crippen molar-refractivity contribution in [2.24, 2.45) is 0 Å². The summed E-state index contributed by atoms with van der Waals surface area (Å²) in [5.41, 5.74) is 3.37. The Balaban J connectivity index is 1.35. The number of Topliss-reactive ketones (excluding diaryl/α,β-unsaturated/α-hetero) is 1. The highest BCUT2D eigenvalue weighted by Crippen LogP contribution is 2.31. The topological polar surface area (TPSA) is 43.4 Å². The van der Waals surface area contributed by atoms with Gasteiger partial charge >= 0.3 is 0 Å². The number of carbonyl (C=O) groups is 1. The summed E-state index contributed by atoms with van der Waals surface area (Å²) in [7, 11) is 0. The molecule has 1 saturated carbocycles. The zero-order chi connectivity index (χ0) is 22.8. The van der Waals surface area contributed by atoms with E-state index < -0.39 is 0 Å². The molecule has 1 aliphatic rings. The molecule has 0 aliphatic heterocycles. The molecule has 2 aromatic carbocycles. The number of furan rings is 2. The van der Waals surface area contributed by atoms with Gasteiger partial charge in [0.25, 0.3) is 0 Å². The van der Waals surface area contributed by atoms with Crippen LogP contribution in [0.25, 0.3) is 34.8 Å². The van der Waals surface area contributed by atoms with Gasteiger partial charge in [-0.15, -0.1) is 0 Å². The van der Waals surface area contributed by atoms with Gasteiger partial charge in [-0.3, -0.25) is 4.79 Å². The van der Waals surface area contributed by atoms with Crippen molar-refractivity contribution in [3.63, 3.8) is 0 Å². The molecule has 5 heteroatoms. The highest BCUT2D eigenvalue weighted by atomic mass is 35.5. The van der Waals surface area contributed by atoms with Crippen molar-refractivity contribution in [2.45, 2.75) is 19.3 Å². The second-order valence-electron chi connectivity index (χ2n) is 7.94. The Bertz CT molecular complexity index is 1250. The van der Waals surface area contributed by atoms with Crippen LogP contribution in [0.4, 0.5) is 0 Å². The van der Waals surface area contributed by atoms with Gasteiger partial charge in [0, 0.05) is 32.3 Å². The number of carbonyl (C=O) groups excluding carboxylic acids is 1. The molecule has 3 nitrogen and oxygen atoms in total. The lowest BCUT2D eigenvalue weighted by Crippen LogP contribution is -2.12. The molecule has 4 aromatic rings. The first kappa shape index (κ1) is 21.6. The number of rotatable bonds is 4. The van der Waals surface area contributed by atoms with Crippen molar-refractivity contribution in [3.05, 3.63) is 106 Å². The van der Waals surface area contributed by atoms with Gasteiger partial charge in [0.1, 0.15) is 23.0 Å². The molecule has 0 saturated heterocycles. The van der Waals surface area contributed by atoms with E-state index in [0.29, 0.717) is 21.6 Å². The summed E-state index contributed by atoms with van der Waals surface area (Å²) in [6.45, 7) is 0. The average Bonchev–Trinajstić information content (AvgIpc) is 3.48. The van der Waals surface area contributed by atoms with Crippen LogP contribution in [0.1, 0.15) is 30.8 Å². The van der Waals surface area contributed by atoms with Crippen molar-refractivity contribution in [1.29, 1.82) is 0 Å². The number of ketones is 1. The Kier molecular flexibility index (Phi) is 6.08. The normalized spacial score (nSPS) is 16.6. The van der Waals surface area contributed by atoms with Crippen LogP contribution in [-0.4, -0.2) is 5.78 Å². The number of benzene rings is 2. The van der Waals surface area contributed by atoms with Crippen LogP contribution in [0.3, 0.4) is 0 Å². The van der Waals surface area contributed by atoms with Gasteiger partial charge < -0.3 is 8.83 Å². The monoisotopic (exact) mass is 474 g/mol. The lowest BCUT2D eigenvalue weighted by molar-refractivity contribution is -0.112. The van der Waals surface area contributed by atoms with E-state index in [9.17, 15) is 4.79 Å². The Morgan fingerprint density at radius 2 is 1.03 bits per heavy atom. The summed E-state index contributed by atoms with van der Waals surface area (Å²) < 4.78 is 11.9. The highest BCUT2D eigenvalue weighted by Gasteiger charge is 2.21. The molecule has 5 rings (SSSR count). The smallest absolute Gasteiger partial charge is 0.185 e. The predicted octanol–water partition coefficient (Wildman–Crippen LogP) is 8.73. The van der Waals surface area contributed by atoms with Crippen molar-refractivity contribution in [3.8, 4) is 22.6 Å². The van der Waals surface area contributed by atoms with Crippen molar-refractivity contribution >= 4 is 41.1 Å². The van der Waals surface area contributed by atoms with E-state index in [1.807, 2.05) is 84.9 Å². The van der Waals surface area contributed by atoms with Gasteiger partial charge in [0.05, 0.1) is 0 Å². The first-order valence-electron chi connectivity index (χ1n) is 10.7. The van der Waals surface area contributed by atoms with Gasteiger partial charge in [0.2, 0.25) is 0 Å². The Hall–Kier alpha value is -3.27. The van der Waals surface area contributed by atoms with Crippen LogP contribution in [0, 0.1) is 0 Å². The SMILES string of the molecule is O=C1/C(=C\c2ccc(-c3ccc(Cl)cc3)o2)CCC/C1=C\c1ccc(-c2ccc(Cl)cc2)o1. The molecule has 2 aromatic heterocycles. The fourth-order valence-electron chi connectivity index (χ4n) is 3.92. The van der Waals surface area contributed by atoms with Crippen LogP contribution in [0.5, 0.6) is 0 Å².